The van der Waals surface area contributed by atoms with E-state index in [0.717, 1.165) is 11.4 Å². The Kier molecular flexibility index (Phi) is 3.76. The fraction of sp³-hybridized carbons (Fsp3) is 0.583. The third-order valence-electron chi connectivity index (χ3n) is 2.83. The van der Waals surface area contributed by atoms with Crippen LogP contribution < -0.4 is 4.90 Å². The standard InChI is InChI=1S/C12H17N3O3/c1-8-6-9(2)14-12(13-8)15-4-5-18-7-10(15)11(16)17-3/h6,10H,4-5,7H2,1-3H3. The quantitative estimate of drug-likeness (QED) is 0.712. The number of methoxy groups -OCH3 is 1. The zero-order valence-electron chi connectivity index (χ0n) is 10.8. The van der Waals surface area contributed by atoms with E-state index < -0.39 is 6.04 Å². The van der Waals surface area contributed by atoms with Crippen LogP contribution in [0.3, 0.4) is 0 Å². The Bertz CT molecular complexity index is 430. The van der Waals surface area contributed by atoms with Crippen molar-refractivity contribution in [3.05, 3.63) is 17.5 Å². The topological polar surface area (TPSA) is 64.6 Å². The maximum Gasteiger partial charge on any atom is 0.331 e. The molecule has 0 aromatic carbocycles. The summed E-state index contributed by atoms with van der Waals surface area (Å²) in [6, 6.07) is 1.43. The highest BCUT2D eigenvalue weighted by Crippen LogP contribution is 2.17. The van der Waals surface area contributed by atoms with E-state index in [1.54, 1.807) is 0 Å². The van der Waals surface area contributed by atoms with E-state index in [-0.39, 0.29) is 5.97 Å². The monoisotopic (exact) mass is 251 g/mol. The molecule has 0 spiro atoms. The average Bonchev–Trinajstić information content (AvgIpc) is 2.36. The molecule has 1 aromatic rings. The van der Waals surface area contributed by atoms with Crippen molar-refractivity contribution < 1.29 is 14.3 Å². The van der Waals surface area contributed by atoms with Gasteiger partial charge in [0.15, 0.2) is 6.04 Å². The van der Waals surface area contributed by atoms with Gasteiger partial charge in [0, 0.05) is 17.9 Å². The summed E-state index contributed by atoms with van der Waals surface area (Å²) in [5.74, 6) is 0.239. The maximum atomic E-state index is 11.7. The van der Waals surface area contributed by atoms with Gasteiger partial charge < -0.3 is 14.4 Å². The zero-order valence-corrected chi connectivity index (χ0v) is 10.8. The minimum absolute atomic E-state index is 0.309. The number of hydrogen-bond acceptors (Lipinski definition) is 6. The fourth-order valence-electron chi connectivity index (χ4n) is 2.01. The Balaban J connectivity index is 2.30. The summed E-state index contributed by atoms with van der Waals surface area (Å²) in [6.07, 6.45) is 0. The lowest BCUT2D eigenvalue weighted by atomic mass is 10.2. The van der Waals surface area contributed by atoms with E-state index in [1.165, 1.54) is 7.11 Å². The summed E-state index contributed by atoms with van der Waals surface area (Å²) in [7, 11) is 1.37. The van der Waals surface area contributed by atoms with Crippen molar-refractivity contribution in [1.82, 2.24) is 9.97 Å². The van der Waals surface area contributed by atoms with Crippen LogP contribution in [0.2, 0.25) is 0 Å². The smallest absolute Gasteiger partial charge is 0.331 e. The van der Waals surface area contributed by atoms with Gasteiger partial charge in [-0.05, 0) is 19.9 Å². The van der Waals surface area contributed by atoms with Crippen molar-refractivity contribution in [2.45, 2.75) is 19.9 Å². The third kappa shape index (κ3) is 2.59. The highest BCUT2D eigenvalue weighted by molar-refractivity contribution is 5.79. The first kappa shape index (κ1) is 12.8. The van der Waals surface area contributed by atoms with Gasteiger partial charge in [-0.3, -0.25) is 0 Å². The lowest BCUT2D eigenvalue weighted by Gasteiger charge is -2.33. The lowest BCUT2D eigenvalue weighted by molar-refractivity contribution is -0.144. The second-order valence-corrected chi connectivity index (χ2v) is 4.26. The molecule has 1 atom stereocenters. The number of carbonyl (C=O) groups excluding carboxylic acids is 1. The van der Waals surface area contributed by atoms with Gasteiger partial charge in [0.1, 0.15) is 0 Å². The van der Waals surface area contributed by atoms with Crippen LogP contribution in [-0.4, -0.2) is 48.8 Å². The number of aryl methyl sites for hydroxylation is 2. The number of morpholine rings is 1. The van der Waals surface area contributed by atoms with Crippen LogP contribution >= 0.6 is 0 Å². The molecule has 18 heavy (non-hydrogen) atoms. The molecular formula is C12H17N3O3. The van der Waals surface area contributed by atoms with Crippen LogP contribution in [0.4, 0.5) is 5.95 Å². The van der Waals surface area contributed by atoms with Gasteiger partial charge in [0.2, 0.25) is 5.95 Å². The number of anilines is 1. The Morgan fingerprint density at radius 1 is 1.44 bits per heavy atom. The molecule has 1 fully saturated rings. The summed E-state index contributed by atoms with van der Waals surface area (Å²) >= 11 is 0. The molecule has 0 saturated carbocycles. The minimum Gasteiger partial charge on any atom is -0.467 e. The molecule has 0 amide bonds. The van der Waals surface area contributed by atoms with Gasteiger partial charge in [0.05, 0.1) is 20.3 Å². The van der Waals surface area contributed by atoms with Gasteiger partial charge >= 0.3 is 5.97 Å². The van der Waals surface area contributed by atoms with Crippen molar-refractivity contribution in [3.8, 4) is 0 Å². The van der Waals surface area contributed by atoms with Gasteiger partial charge in [-0.2, -0.15) is 0 Å². The van der Waals surface area contributed by atoms with Gasteiger partial charge in [-0.1, -0.05) is 0 Å². The number of esters is 1. The molecule has 2 rings (SSSR count). The molecule has 0 N–H and O–H groups in total. The Morgan fingerprint density at radius 2 is 2.11 bits per heavy atom. The molecule has 1 aliphatic heterocycles. The molecule has 1 aliphatic rings. The van der Waals surface area contributed by atoms with E-state index in [2.05, 4.69) is 9.97 Å². The molecule has 6 nitrogen and oxygen atoms in total. The second-order valence-electron chi connectivity index (χ2n) is 4.26. The van der Waals surface area contributed by atoms with Crippen LogP contribution in [0.1, 0.15) is 11.4 Å². The van der Waals surface area contributed by atoms with Crippen LogP contribution in [-0.2, 0) is 14.3 Å². The Morgan fingerprint density at radius 3 is 2.72 bits per heavy atom. The van der Waals surface area contributed by atoms with E-state index >= 15 is 0 Å². The van der Waals surface area contributed by atoms with Crippen molar-refractivity contribution >= 4 is 11.9 Å². The van der Waals surface area contributed by atoms with E-state index in [0.29, 0.717) is 25.7 Å². The Labute approximate surface area is 106 Å². The number of rotatable bonds is 2. The molecule has 6 heteroatoms. The number of hydrogen-bond donors (Lipinski definition) is 0. The van der Waals surface area contributed by atoms with E-state index in [4.69, 9.17) is 9.47 Å². The minimum atomic E-state index is -0.468. The molecule has 98 valence electrons. The predicted octanol–water partition coefficient (Wildman–Crippen LogP) is 0.472. The number of ether oxygens (including phenoxy) is 2. The molecule has 0 radical (unpaired) electrons. The highest BCUT2D eigenvalue weighted by Gasteiger charge is 2.32. The Hall–Kier alpha value is -1.69. The van der Waals surface area contributed by atoms with E-state index in [1.807, 2.05) is 24.8 Å². The zero-order chi connectivity index (χ0) is 13.1. The molecule has 0 bridgehead atoms. The molecule has 2 heterocycles. The summed E-state index contributed by atoms with van der Waals surface area (Å²) < 4.78 is 10.1. The summed E-state index contributed by atoms with van der Waals surface area (Å²) in [5.41, 5.74) is 1.76. The summed E-state index contributed by atoms with van der Waals surface area (Å²) in [5, 5.41) is 0. The molecule has 1 saturated heterocycles. The third-order valence-corrected chi connectivity index (χ3v) is 2.83. The normalized spacial score (nSPS) is 19.7. The van der Waals surface area contributed by atoms with Gasteiger partial charge in [-0.25, -0.2) is 14.8 Å². The van der Waals surface area contributed by atoms with Gasteiger partial charge in [0.25, 0.3) is 0 Å². The second kappa shape index (κ2) is 5.30. The van der Waals surface area contributed by atoms with Crippen molar-refractivity contribution in [3.63, 3.8) is 0 Å². The maximum absolute atomic E-state index is 11.7. The van der Waals surface area contributed by atoms with Crippen molar-refractivity contribution in [1.29, 1.82) is 0 Å². The lowest BCUT2D eigenvalue weighted by Crippen LogP contribution is -2.51. The predicted molar refractivity (Wildman–Crippen MR) is 65.5 cm³/mol. The fourth-order valence-corrected chi connectivity index (χ4v) is 2.01. The number of aromatic nitrogens is 2. The molecule has 1 unspecified atom stereocenters. The van der Waals surface area contributed by atoms with Gasteiger partial charge in [-0.15, -0.1) is 0 Å². The summed E-state index contributed by atoms with van der Waals surface area (Å²) in [4.78, 5) is 22.3. The van der Waals surface area contributed by atoms with Crippen molar-refractivity contribution in [2.24, 2.45) is 0 Å². The SMILES string of the molecule is COC(=O)C1COCCN1c1nc(C)cc(C)n1. The van der Waals surface area contributed by atoms with Crippen LogP contribution in [0, 0.1) is 13.8 Å². The number of nitrogens with zero attached hydrogens (tertiary/aromatic N) is 3. The largest absolute Gasteiger partial charge is 0.467 e. The average molecular weight is 251 g/mol. The first-order valence-corrected chi connectivity index (χ1v) is 5.86. The number of carbonyl (C=O) groups is 1. The first-order valence-electron chi connectivity index (χ1n) is 5.86. The molecular weight excluding hydrogens is 234 g/mol. The summed E-state index contributed by atoms with van der Waals surface area (Å²) in [6.45, 7) is 5.27. The first-order chi connectivity index (χ1) is 8.61. The molecule has 0 aliphatic carbocycles. The molecule has 1 aromatic heterocycles. The van der Waals surface area contributed by atoms with Crippen LogP contribution in [0.5, 0.6) is 0 Å². The van der Waals surface area contributed by atoms with Crippen molar-refractivity contribution in [2.75, 3.05) is 31.8 Å². The van der Waals surface area contributed by atoms with Crippen LogP contribution in [0.15, 0.2) is 6.07 Å². The highest BCUT2D eigenvalue weighted by atomic mass is 16.5. The van der Waals surface area contributed by atoms with E-state index in [9.17, 15) is 4.79 Å². The van der Waals surface area contributed by atoms with Crippen LogP contribution in [0.25, 0.3) is 0 Å².